The molecule has 5 heteroatoms. The van der Waals surface area contributed by atoms with E-state index < -0.39 is 6.10 Å². The monoisotopic (exact) mass is 256 g/mol. The fourth-order valence-corrected chi connectivity index (χ4v) is 2.31. The second kappa shape index (κ2) is 4.53. The number of hydrogen-bond donors (Lipinski definition) is 3. The minimum atomic E-state index is -0.747. The Morgan fingerprint density at radius 3 is 3.00 bits per heavy atom. The predicted molar refractivity (Wildman–Crippen MR) is 74.5 cm³/mol. The Balaban J connectivity index is 2.12. The lowest BCUT2D eigenvalue weighted by Crippen LogP contribution is -2.12. The smallest absolute Gasteiger partial charge is 0.136 e. The highest BCUT2D eigenvalue weighted by atomic mass is 16.3. The van der Waals surface area contributed by atoms with Gasteiger partial charge in [0.15, 0.2) is 0 Å². The minimum absolute atomic E-state index is 0.155. The maximum absolute atomic E-state index is 9.68. The van der Waals surface area contributed by atoms with Crippen LogP contribution in [0.3, 0.4) is 0 Å². The van der Waals surface area contributed by atoms with Gasteiger partial charge in [0.1, 0.15) is 11.9 Å². The Labute approximate surface area is 110 Å². The van der Waals surface area contributed by atoms with Crippen LogP contribution in [-0.2, 0) is 7.05 Å². The number of aromatic nitrogens is 3. The number of H-pyrrole nitrogens is 1. The Hall–Kier alpha value is -2.11. The molecule has 2 aromatic heterocycles. The SMILES string of the molecule is Cn1cc(-c2cnc(C(O)CN)[nH]2)c2ccccc21. The van der Waals surface area contributed by atoms with Gasteiger partial charge in [-0.05, 0) is 6.07 Å². The summed E-state index contributed by atoms with van der Waals surface area (Å²) in [5.74, 6) is 0.505. The van der Waals surface area contributed by atoms with E-state index in [1.807, 2.05) is 19.2 Å². The third-order valence-corrected chi connectivity index (χ3v) is 3.32. The summed E-state index contributed by atoms with van der Waals surface area (Å²) in [6, 6.07) is 8.18. The first-order valence-electron chi connectivity index (χ1n) is 6.18. The molecule has 0 saturated carbocycles. The maximum atomic E-state index is 9.68. The molecule has 0 saturated heterocycles. The Bertz CT molecular complexity index is 713. The van der Waals surface area contributed by atoms with Gasteiger partial charge in [0.05, 0.1) is 11.9 Å². The summed E-state index contributed by atoms with van der Waals surface area (Å²) in [6.07, 6.45) is 3.04. The van der Waals surface area contributed by atoms with Crippen LogP contribution >= 0.6 is 0 Å². The fraction of sp³-hybridized carbons (Fsp3) is 0.214. The quantitative estimate of drug-likeness (QED) is 0.665. The summed E-state index contributed by atoms with van der Waals surface area (Å²) >= 11 is 0. The summed E-state index contributed by atoms with van der Waals surface area (Å²) in [5.41, 5.74) is 8.55. The van der Waals surface area contributed by atoms with E-state index in [1.54, 1.807) is 6.20 Å². The zero-order chi connectivity index (χ0) is 13.4. The molecule has 98 valence electrons. The molecule has 3 aromatic rings. The molecule has 0 fully saturated rings. The summed E-state index contributed by atoms with van der Waals surface area (Å²) in [6.45, 7) is 0.155. The van der Waals surface area contributed by atoms with E-state index in [9.17, 15) is 5.11 Å². The number of aromatic amines is 1. The van der Waals surface area contributed by atoms with Gasteiger partial charge in [-0.2, -0.15) is 0 Å². The van der Waals surface area contributed by atoms with Crippen LogP contribution in [0.2, 0.25) is 0 Å². The number of nitrogens with one attached hydrogen (secondary N) is 1. The summed E-state index contributed by atoms with van der Waals surface area (Å²) in [7, 11) is 2.01. The topological polar surface area (TPSA) is 79.9 Å². The van der Waals surface area contributed by atoms with Crippen LogP contribution < -0.4 is 5.73 Å². The van der Waals surface area contributed by atoms with E-state index in [0.717, 1.165) is 22.2 Å². The van der Waals surface area contributed by atoms with Crippen molar-refractivity contribution in [2.24, 2.45) is 12.8 Å². The minimum Gasteiger partial charge on any atom is -0.384 e. The largest absolute Gasteiger partial charge is 0.384 e. The van der Waals surface area contributed by atoms with Crippen molar-refractivity contribution < 1.29 is 5.11 Å². The van der Waals surface area contributed by atoms with Gasteiger partial charge in [-0.15, -0.1) is 0 Å². The number of para-hydroxylation sites is 1. The molecule has 0 bridgehead atoms. The van der Waals surface area contributed by atoms with E-state index in [0.29, 0.717) is 5.82 Å². The van der Waals surface area contributed by atoms with Crippen molar-refractivity contribution in [2.75, 3.05) is 6.54 Å². The standard InChI is InChI=1S/C14H16N4O/c1-18-8-10(9-4-2-3-5-12(9)18)11-7-16-14(17-11)13(19)6-15/h2-5,7-8,13,19H,6,15H2,1H3,(H,16,17). The number of hydrogen-bond acceptors (Lipinski definition) is 3. The van der Waals surface area contributed by atoms with Crippen molar-refractivity contribution in [3.8, 4) is 11.3 Å². The van der Waals surface area contributed by atoms with Crippen LogP contribution in [0.4, 0.5) is 0 Å². The van der Waals surface area contributed by atoms with Gasteiger partial charge in [-0.1, -0.05) is 18.2 Å². The van der Waals surface area contributed by atoms with Crippen molar-refractivity contribution in [1.82, 2.24) is 14.5 Å². The lowest BCUT2D eigenvalue weighted by Gasteiger charge is -2.02. The van der Waals surface area contributed by atoms with Crippen molar-refractivity contribution in [1.29, 1.82) is 0 Å². The highest BCUT2D eigenvalue weighted by molar-refractivity contribution is 5.95. The molecule has 2 heterocycles. The molecule has 0 aliphatic carbocycles. The van der Waals surface area contributed by atoms with E-state index in [1.165, 1.54) is 0 Å². The zero-order valence-electron chi connectivity index (χ0n) is 10.7. The van der Waals surface area contributed by atoms with E-state index >= 15 is 0 Å². The van der Waals surface area contributed by atoms with Crippen LogP contribution in [0.5, 0.6) is 0 Å². The molecule has 1 aromatic carbocycles. The number of benzene rings is 1. The molecule has 0 aliphatic rings. The molecule has 0 amide bonds. The third kappa shape index (κ3) is 1.93. The van der Waals surface area contributed by atoms with E-state index in [2.05, 4.69) is 32.9 Å². The van der Waals surface area contributed by atoms with Gasteiger partial charge in [-0.3, -0.25) is 0 Å². The average molecular weight is 256 g/mol. The second-order valence-electron chi connectivity index (χ2n) is 4.60. The number of imidazole rings is 1. The van der Waals surface area contributed by atoms with Crippen LogP contribution in [0, 0.1) is 0 Å². The molecule has 19 heavy (non-hydrogen) atoms. The van der Waals surface area contributed by atoms with Gasteiger partial charge >= 0.3 is 0 Å². The number of aryl methyl sites for hydroxylation is 1. The molecule has 3 rings (SSSR count). The first-order valence-corrected chi connectivity index (χ1v) is 6.18. The highest BCUT2D eigenvalue weighted by Crippen LogP contribution is 2.29. The third-order valence-electron chi connectivity index (χ3n) is 3.32. The Kier molecular flexibility index (Phi) is 2.85. The van der Waals surface area contributed by atoms with E-state index in [4.69, 9.17) is 5.73 Å². The lowest BCUT2D eigenvalue weighted by atomic mass is 10.1. The number of fused-ring (bicyclic) bond motifs is 1. The Morgan fingerprint density at radius 2 is 2.21 bits per heavy atom. The zero-order valence-corrected chi connectivity index (χ0v) is 10.7. The van der Waals surface area contributed by atoms with E-state index in [-0.39, 0.29) is 6.54 Å². The van der Waals surface area contributed by atoms with Gasteiger partial charge in [0.25, 0.3) is 0 Å². The molecule has 0 aliphatic heterocycles. The van der Waals surface area contributed by atoms with Crippen molar-refractivity contribution in [2.45, 2.75) is 6.10 Å². The molecule has 1 atom stereocenters. The van der Waals surface area contributed by atoms with Gasteiger partial charge in [-0.25, -0.2) is 4.98 Å². The molecule has 1 unspecified atom stereocenters. The lowest BCUT2D eigenvalue weighted by molar-refractivity contribution is 0.177. The van der Waals surface area contributed by atoms with Gasteiger partial charge in [0, 0.05) is 36.3 Å². The van der Waals surface area contributed by atoms with Crippen molar-refractivity contribution >= 4 is 10.9 Å². The molecular formula is C14H16N4O. The molecule has 0 spiro atoms. The van der Waals surface area contributed by atoms with Gasteiger partial charge in [0.2, 0.25) is 0 Å². The number of aliphatic hydroxyl groups excluding tert-OH is 1. The second-order valence-corrected chi connectivity index (χ2v) is 4.60. The van der Waals surface area contributed by atoms with Gasteiger partial charge < -0.3 is 20.4 Å². The maximum Gasteiger partial charge on any atom is 0.136 e. The van der Waals surface area contributed by atoms with Crippen molar-refractivity contribution in [3.05, 3.63) is 42.5 Å². The summed E-state index contributed by atoms with van der Waals surface area (Å²) in [4.78, 5) is 7.32. The first kappa shape index (κ1) is 12.0. The van der Waals surface area contributed by atoms with Crippen LogP contribution in [0.15, 0.2) is 36.7 Å². The number of aliphatic hydroxyl groups is 1. The van der Waals surface area contributed by atoms with Crippen LogP contribution in [-0.4, -0.2) is 26.2 Å². The molecule has 5 nitrogen and oxygen atoms in total. The molecule has 4 N–H and O–H groups in total. The molecule has 0 radical (unpaired) electrons. The summed E-state index contributed by atoms with van der Waals surface area (Å²) < 4.78 is 2.07. The number of rotatable bonds is 3. The van der Waals surface area contributed by atoms with Crippen LogP contribution in [0.25, 0.3) is 22.2 Å². The first-order chi connectivity index (χ1) is 9.20. The summed E-state index contributed by atoms with van der Waals surface area (Å²) in [5, 5.41) is 10.8. The Morgan fingerprint density at radius 1 is 1.42 bits per heavy atom. The predicted octanol–water partition coefficient (Wildman–Crippen LogP) is 1.56. The average Bonchev–Trinajstić information content (AvgIpc) is 3.04. The van der Waals surface area contributed by atoms with Crippen molar-refractivity contribution in [3.63, 3.8) is 0 Å². The highest BCUT2D eigenvalue weighted by Gasteiger charge is 2.13. The fourth-order valence-electron chi connectivity index (χ4n) is 2.31. The van der Waals surface area contributed by atoms with Crippen LogP contribution in [0.1, 0.15) is 11.9 Å². The normalized spacial score (nSPS) is 13.0. The number of nitrogens with zero attached hydrogens (tertiary/aromatic N) is 2. The molecular weight excluding hydrogens is 240 g/mol. The number of nitrogens with two attached hydrogens (primary N) is 1.